The van der Waals surface area contributed by atoms with E-state index >= 15 is 0 Å². The van der Waals surface area contributed by atoms with E-state index in [9.17, 15) is 18.0 Å². The number of H-pyrrole nitrogens is 1. The van der Waals surface area contributed by atoms with Gasteiger partial charge in [0.2, 0.25) is 0 Å². The summed E-state index contributed by atoms with van der Waals surface area (Å²) in [5.74, 6) is -0.446. The van der Waals surface area contributed by atoms with Crippen molar-refractivity contribution in [3.05, 3.63) is 54.1 Å². The van der Waals surface area contributed by atoms with Gasteiger partial charge in [0.1, 0.15) is 5.69 Å². The Bertz CT molecular complexity index is 824. The van der Waals surface area contributed by atoms with Crippen molar-refractivity contribution in [2.75, 3.05) is 5.32 Å². The number of aromatic nitrogens is 3. The van der Waals surface area contributed by atoms with E-state index in [4.69, 9.17) is 0 Å². The number of fused-ring (bicyclic) bond motifs is 1. The maximum Gasteiger partial charge on any atom is 0.433 e. The number of aromatic amines is 1. The van der Waals surface area contributed by atoms with Gasteiger partial charge in [-0.25, -0.2) is 9.97 Å². The number of amides is 1. The molecule has 0 spiro atoms. The molecule has 0 radical (unpaired) electrons. The van der Waals surface area contributed by atoms with Gasteiger partial charge in [0.25, 0.3) is 5.91 Å². The Balaban J connectivity index is 1.78. The van der Waals surface area contributed by atoms with E-state index in [2.05, 4.69) is 20.3 Å². The Labute approximate surface area is 122 Å². The fourth-order valence-electron chi connectivity index (χ4n) is 1.92. The molecule has 112 valence electrons. The van der Waals surface area contributed by atoms with Gasteiger partial charge in [-0.05, 0) is 30.3 Å². The molecule has 0 bridgehead atoms. The zero-order valence-corrected chi connectivity index (χ0v) is 11.0. The number of carbonyl (C=O) groups is 1. The molecule has 3 aromatic rings. The summed E-state index contributed by atoms with van der Waals surface area (Å²) in [6.07, 6.45) is -2.03. The first-order valence-corrected chi connectivity index (χ1v) is 6.21. The highest BCUT2D eigenvalue weighted by molar-refractivity contribution is 6.05. The zero-order chi connectivity index (χ0) is 15.7. The van der Waals surface area contributed by atoms with Crippen molar-refractivity contribution in [3.8, 4) is 0 Å². The Kier molecular flexibility index (Phi) is 3.28. The van der Waals surface area contributed by atoms with Gasteiger partial charge in [-0.3, -0.25) is 4.79 Å². The molecule has 2 N–H and O–H groups in total. The van der Waals surface area contributed by atoms with Gasteiger partial charge in [0.15, 0.2) is 0 Å². The normalized spacial score (nSPS) is 11.6. The van der Waals surface area contributed by atoms with Crippen LogP contribution in [-0.4, -0.2) is 20.9 Å². The first kappa shape index (κ1) is 14.1. The molecule has 0 atom stereocenters. The average molecular weight is 306 g/mol. The molecule has 0 aliphatic carbocycles. The van der Waals surface area contributed by atoms with Gasteiger partial charge in [0.05, 0.1) is 29.2 Å². The third-order valence-corrected chi connectivity index (χ3v) is 2.99. The van der Waals surface area contributed by atoms with Crippen molar-refractivity contribution >= 4 is 22.6 Å². The Morgan fingerprint density at radius 3 is 2.64 bits per heavy atom. The summed E-state index contributed by atoms with van der Waals surface area (Å²) in [7, 11) is 0. The van der Waals surface area contributed by atoms with Crippen molar-refractivity contribution in [1.29, 1.82) is 0 Å². The van der Waals surface area contributed by atoms with Crippen LogP contribution in [0.15, 0.2) is 42.9 Å². The highest BCUT2D eigenvalue weighted by Gasteiger charge is 2.32. The number of carbonyl (C=O) groups excluding carboxylic acids is 1. The standard InChI is InChI=1S/C14H9F3N4O/c15-14(16,17)12-4-2-9(6-18-12)21-13(22)8-1-3-10-11(5-8)20-7-19-10/h1-7H,(H,19,20)(H,21,22). The molecule has 3 rings (SSSR count). The molecule has 1 amide bonds. The van der Waals surface area contributed by atoms with Gasteiger partial charge in [0, 0.05) is 5.56 Å². The van der Waals surface area contributed by atoms with Crippen molar-refractivity contribution in [2.24, 2.45) is 0 Å². The number of hydrogen-bond acceptors (Lipinski definition) is 3. The molecule has 0 unspecified atom stereocenters. The minimum absolute atomic E-state index is 0.183. The second kappa shape index (κ2) is 5.14. The largest absolute Gasteiger partial charge is 0.433 e. The molecule has 0 saturated carbocycles. The number of anilines is 1. The predicted molar refractivity (Wildman–Crippen MR) is 73.3 cm³/mol. The van der Waals surface area contributed by atoms with E-state index in [-0.39, 0.29) is 5.69 Å². The second-order valence-corrected chi connectivity index (χ2v) is 4.52. The maximum atomic E-state index is 12.4. The highest BCUT2D eigenvalue weighted by Crippen LogP contribution is 2.27. The number of imidazole rings is 1. The van der Waals surface area contributed by atoms with Gasteiger partial charge >= 0.3 is 6.18 Å². The summed E-state index contributed by atoms with van der Waals surface area (Å²) in [4.78, 5) is 22.3. The number of nitrogens with one attached hydrogen (secondary N) is 2. The molecule has 0 fully saturated rings. The number of pyridine rings is 1. The SMILES string of the molecule is O=C(Nc1ccc(C(F)(F)F)nc1)c1ccc2nc[nH]c2c1. The minimum atomic E-state index is -4.51. The van der Waals surface area contributed by atoms with E-state index in [1.165, 1.54) is 6.33 Å². The van der Waals surface area contributed by atoms with Crippen LogP contribution in [0.1, 0.15) is 16.1 Å². The summed E-state index contributed by atoms with van der Waals surface area (Å²) in [6.45, 7) is 0. The Morgan fingerprint density at radius 1 is 1.14 bits per heavy atom. The van der Waals surface area contributed by atoms with E-state index in [0.717, 1.165) is 18.3 Å². The number of nitrogens with zero attached hydrogens (tertiary/aromatic N) is 2. The summed E-state index contributed by atoms with van der Waals surface area (Å²) in [6, 6.07) is 6.83. The van der Waals surface area contributed by atoms with E-state index < -0.39 is 17.8 Å². The molecule has 1 aromatic carbocycles. The number of alkyl halides is 3. The van der Waals surface area contributed by atoms with Crippen molar-refractivity contribution < 1.29 is 18.0 Å². The quantitative estimate of drug-likeness (QED) is 0.763. The van der Waals surface area contributed by atoms with Crippen molar-refractivity contribution in [3.63, 3.8) is 0 Å². The third-order valence-electron chi connectivity index (χ3n) is 2.99. The second-order valence-electron chi connectivity index (χ2n) is 4.52. The van der Waals surface area contributed by atoms with Crippen LogP contribution in [0, 0.1) is 0 Å². The van der Waals surface area contributed by atoms with Gasteiger partial charge in [-0.15, -0.1) is 0 Å². The molecular weight excluding hydrogens is 297 g/mol. The van der Waals surface area contributed by atoms with E-state index in [0.29, 0.717) is 16.6 Å². The smallest absolute Gasteiger partial charge is 0.345 e. The molecule has 2 heterocycles. The number of rotatable bonds is 2. The van der Waals surface area contributed by atoms with Crippen molar-refractivity contribution in [1.82, 2.24) is 15.0 Å². The molecule has 22 heavy (non-hydrogen) atoms. The van der Waals surface area contributed by atoms with E-state index in [1.54, 1.807) is 18.2 Å². The molecule has 0 aliphatic rings. The summed E-state index contributed by atoms with van der Waals surface area (Å²) in [5.41, 5.74) is 0.940. The van der Waals surface area contributed by atoms with Gasteiger partial charge in [-0.2, -0.15) is 13.2 Å². The van der Waals surface area contributed by atoms with Crippen LogP contribution in [0.5, 0.6) is 0 Å². The van der Waals surface area contributed by atoms with Crippen LogP contribution >= 0.6 is 0 Å². The lowest BCUT2D eigenvalue weighted by molar-refractivity contribution is -0.141. The summed E-state index contributed by atoms with van der Waals surface area (Å²) < 4.78 is 37.2. The molecule has 8 heteroatoms. The first-order valence-electron chi connectivity index (χ1n) is 6.21. The number of halogens is 3. The summed E-state index contributed by atoms with van der Waals surface area (Å²) in [5, 5.41) is 2.49. The fraction of sp³-hybridized carbons (Fsp3) is 0.0714. The molecule has 0 aliphatic heterocycles. The molecule has 2 aromatic heterocycles. The number of benzene rings is 1. The van der Waals surface area contributed by atoms with E-state index in [1.807, 2.05) is 0 Å². The maximum absolute atomic E-state index is 12.4. The summed E-state index contributed by atoms with van der Waals surface area (Å²) >= 11 is 0. The lowest BCUT2D eigenvalue weighted by Crippen LogP contribution is -2.13. The molecule has 0 saturated heterocycles. The highest BCUT2D eigenvalue weighted by atomic mass is 19.4. The Morgan fingerprint density at radius 2 is 1.95 bits per heavy atom. The van der Waals surface area contributed by atoms with Crippen LogP contribution in [0.2, 0.25) is 0 Å². The number of hydrogen-bond donors (Lipinski definition) is 2. The Hall–Kier alpha value is -2.90. The molecule has 5 nitrogen and oxygen atoms in total. The first-order chi connectivity index (χ1) is 10.4. The minimum Gasteiger partial charge on any atom is -0.345 e. The van der Waals surface area contributed by atoms with Gasteiger partial charge < -0.3 is 10.3 Å². The predicted octanol–water partition coefficient (Wildman–Crippen LogP) is 3.23. The monoisotopic (exact) mass is 306 g/mol. The third kappa shape index (κ3) is 2.76. The van der Waals surface area contributed by atoms with Gasteiger partial charge in [-0.1, -0.05) is 0 Å². The topological polar surface area (TPSA) is 70.7 Å². The van der Waals surface area contributed by atoms with Crippen LogP contribution in [0.3, 0.4) is 0 Å². The lowest BCUT2D eigenvalue weighted by Gasteiger charge is -2.08. The fourth-order valence-corrected chi connectivity index (χ4v) is 1.92. The van der Waals surface area contributed by atoms with Crippen LogP contribution in [-0.2, 0) is 6.18 Å². The van der Waals surface area contributed by atoms with Crippen LogP contribution in [0.4, 0.5) is 18.9 Å². The van der Waals surface area contributed by atoms with Crippen LogP contribution < -0.4 is 5.32 Å². The van der Waals surface area contributed by atoms with Crippen LogP contribution in [0.25, 0.3) is 11.0 Å². The zero-order valence-electron chi connectivity index (χ0n) is 11.0. The average Bonchev–Trinajstić information content (AvgIpc) is 2.94. The molecular formula is C14H9F3N4O. The lowest BCUT2D eigenvalue weighted by atomic mass is 10.2. The van der Waals surface area contributed by atoms with Crippen molar-refractivity contribution in [2.45, 2.75) is 6.18 Å².